The quantitative estimate of drug-likeness (QED) is 0.653. The molecule has 2 aromatic carbocycles. The number of nitrogens with zero attached hydrogens (tertiary/aromatic N) is 1. The van der Waals surface area contributed by atoms with Crippen LogP contribution < -0.4 is 5.32 Å². The number of carbonyl (C=O) groups excluding carboxylic acids is 2. The van der Waals surface area contributed by atoms with E-state index in [1.54, 1.807) is 0 Å². The molecule has 0 aliphatic carbocycles. The Balaban J connectivity index is 1.44. The molecular formula is C24H30N2O4. The number of rotatable bonds is 7. The van der Waals surface area contributed by atoms with Crippen molar-refractivity contribution in [1.29, 1.82) is 0 Å². The van der Waals surface area contributed by atoms with Gasteiger partial charge in [0, 0.05) is 31.1 Å². The molecule has 1 fully saturated rings. The minimum atomic E-state index is -0.115. The second-order valence-electron chi connectivity index (χ2n) is 7.89. The van der Waals surface area contributed by atoms with E-state index < -0.39 is 0 Å². The fourth-order valence-corrected chi connectivity index (χ4v) is 3.83. The summed E-state index contributed by atoms with van der Waals surface area (Å²) < 4.78 is 0. The van der Waals surface area contributed by atoms with Crippen molar-refractivity contribution in [3.8, 4) is 0 Å². The van der Waals surface area contributed by atoms with Gasteiger partial charge in [-0.05, 0) is 55.0 Å². The lowest BCUT2D eigenvalue weighted by Gasteiger charge is -2.31. The lowest BCUT2D eigenvalue weighted by atomic mass is 9.95. The van der Waals surface area contributed by atoms with Gasteiger partial charge in [-0.2, -0.15) is 0 Å². The Labute approximate surface area is 177 Å². The maximum Gasteiger partial charge on any atom is 0.253 e. The van der Waals surface area contributed by atoms with Crippen LogP contribution in [0.1, 0.15) is 45.5 Å². The number of benzene rings is 2. The molecule has 6 nitrogen and oxygen atoms in total. The minimum Gasteiger partial charge on any atom is -0.392 e. The van der Waals surface area contributed by atoms with E-state index in [2.05, 4.69) is 5.32 Å². The first-order chi connectivity index (χ1) is 14.5. The van der Waals surface area contributed by atoms with Crippen LogP contribution in [0.5, 0.6) is 0 Å². The molecule has 0 saturated carbocycles. The highest BCUT2D eigenvalue weighted by Gasteiger charge is 2.27. The highest BCUT2D eigenvalue weighted by Crippen LogP contribution is 2.20. The number of hydrogen-bond acceptors (Lipinski definition) is 4. The Bertz CT molecular complexity index is 871. The molecule has 2 amide bonds. The predicted octanol–water partition coefficient (Wildman–Crippen LogP) is 2.19. The number of amides is 2. The molecule has 1 aliphatic rings. The van der Waals surface area contributed by atoms with Gasteiger partial charge in [0.1, 0.15) is 0 Å². The van der Waals surface area contributed by atoms with Crippen molar-refractivity contribution < 1.29 is 19.8 Å². The first-order valence-corrected chi connectivity index (χ1v) is 10.5. The summed E-state index contributed by atoms with van der Waals surface area (Å²) in [5.74, 6) is -0.0106. The first-order valence-electron chi connectivity index (χ1n) is 10.5. The van der Waals surface area contributed by atoms with Gasteiger partial charge in [-0.1, -0.05) is 35.9 Å². The van der Waals surface area contributed by atoms with Crippen LogP contribution in [-0.4, -0.2) is 46.6 Å². The third-order valence-corrected chi connectivity index (χ3v) is 5.78. The molecule has 1 saturated heterocycles. The standard InChI is InChI=1S/C24H30N2O4/c1-17-2-5-20(6-3-17)24(30)26-12-9-19(10-13-26)23(29)25-11-8-18-4-7-21(15-27)22(14-18)16-28/h2-7,14,19,27-28H,8-13,15-16H2,1H3,(H,25,29). The van der Waals surface area contributed by atoms with Gasteiger partial charge in [-0.15, -0.1) is 0 Å². The number of aliphatic hydroxyl groups excluding tert-OH is 2. The molecular weight excluding hydrogens is 380 g/mol. The van der Waals surface area contributed by atoms with E-state index in [1.165, 1.54) is 0 Å². The first kappa shape index (κ1) is 22.0. The van der Waals surface area contributed by atoms with Crippen molar-refractivity contribution in [2.45, 2.75) is 39.4 Å². The number of carbonyl (C=O) groups is 2. The predicted molar refractivity (Wildman–Crippen MR) is 115 cm³/mol. The minimum absolute atomic E-state index is 0.0277. The topological polar surface area (TPSA) is 89.9 Å². The maximum absolute atomic E-state index is 12.6. The van der Waals surface area contributed by atoms with Gasteiger partial charge in [0.15, 0.2) is 0 Å². The number of piperidine rings is 1. The van der Waals surface area contributed by atoms with Crippen LogP contribution in [0.25, 0.3) is 0 Å². The molecule has 0 radical (unpaired) electrons. The summed E-state index contributed by atoms with van der Waals surface area (Å²) in [6.07, 6.45) is 2.00. The van der Waals surface area contributed by atoms with E-state index in [0.717, 1.165) is 16.7 Å². The summed E-state index contributed by atoms with van der Waals surface area (Å²) in [7, 11) is 0. The molecule has 30 heavy (non-hydrogen) atoms. The molecule has 0 atom stereocenters. The van der Waals surface area contributed by atoms with Gasteiger partial charge < -0.3 is 20.4 Å². The zero-order chi connectivity index (χ0) is 21.5. The van der Waals surface area contributed by atoms with E-state index in [1.807, 2.05) is 54.3 Å². The van der Waals surface area contributed by atoms with E-state index in [-0.39, 0.29) is 30.9 Å². The molecule has 0 bridgehead atoms. The summed E-state index contributed by atoms with van der Waals surface area (Å²) in [5.41, 5.74) is 4.26. The molecule has 2 aromatic rings. The lowest BCUT2D eigenvalue weighted by Crippen LogP contribution is -2.43. The summed E-state index contributed by atoms with van der Waals surface area (Å²) in [6, 6.07) is 13.2. The molecule has 3 rings (SSSR count). The van der Waals surface area contributed by atoms with Crippen LogP contribution in [0.3, 0.4) is 0 Å². The Hall–Kier alpha value is -2.70. The molecule has 0 unspecified atom stereocenters. The molecule has 6 heteroatoms. The van der Waals surface area contributed by atoms with E-state index >= 15 is 0 Å². The smallest absolute Gasteiger partial charge is 0.253 e. The normalized spacial score (nSPS) is 14.6. The molecule has 160 valence electrons. The Morgan fingerprint density at radius 3 is 2.30 bits per heavy atom. The molecule has 1 aliphatic heterocycles. The lowest BCUT2D eigenvalue weighted by molar-refractivity contribution is -0.126. The highest BCUT2D eigenvalue weighted by atomic mass is 16.3. The summed E-state index contributed by atoms with van der Waals surface area (Å²) in [5, 5.41) is 21.7. The van der Waals surface area contributed by atoms with Crippen molar-refractivity contribution in [2.75, 3.05) is 19.6 Å². The van der Waals surface area contributed by atoms with E-state index in [9.17, 15) is 19.8 Å². The van der Waals surface area contributed by atoms with Crippen molar-refractivity contribution in [3.63, 3.8) is 0 Å². The van der Waals surface area contributed by atoms with Crippen LogP contribution in [0, 0.1) is 12.8 Å². The maximum atomic E-state index is 12.6. The van der Waals surface area contributed by atoms with Gasteiger partial charge in [-0.25, -0.2) is 0 Å². The van der Waals surface area contributed by atoms with Crippen LogP contribution >= 0.6 is 0 Å². The molecule has 0 spiro atoms. The second kappa shape index (κ2) is 10.4. The van der Waals surface area contributed by atoms with Crippen molar-refractivity contribution in [1.82, 2.24) is 10.2 Å². The van der Waals surface area contributed by atoms with Gasteiger partial charge in [-0.3, -0.25) is 9.59 Å². The third-order valence-electron chi connectivity index (χ3n) is 5.78. The van der Waals surface area contributed by atoms with E-state index in [0.29, 0.717) is 50.0 Å². The highest BCUT2D eigenvalue weighted by molar-refractivity contribution is 5.94. The van der Waals surface area contributed by atoms with Crippen LogP contribution in [0.15, 0.2) is 42.5 Å². The number of aliphatic hydroxyl groups is 2. The number of aryl methyl sites for hydroxylation is 1. The molecule has 3 N–H and O–H groups in total. The van der Waals surface area contributed by atoms with Crippen LogP contribution in [-0.2, 0) is 24.4 Å². The van der Waals surface area contributed by atoms with Crippen LogP contribution in [0.4, 0.5) is 0 Å². The van der Waals surface area contributed by atoms with Gasteiger partial charge in [0.25, 0.3) is 5.91 Å². The summed E-state index contributed by atoms with van der Waals surface area (Å²) >= 11 is 0. The van der Waals surface area contributed by atoms with Crippen LogP contribution in [0.2, 0.25) is 0 Å². The largest absolute Gasteiger partial charge is 0.392 e. The Morgan fingerprint density at radius 1 is 1.00 bits per heavy atom. The molecule has 1 heterocycles. The summed E-state index contributed by atoms with van der Waals surface area (Å²) in [6.45, 7) is 3.48. The monoisotopic (exact) mass is 410 g/mol. The zero-order valence-corrected chi connectivity index (χ0v) is 17.4. The number of hydrogen-bond donors (Lipinski definition) is 3. The van der Waals surface area contributed by atoms with Crippen molar-refractivity contribution in [3.05, 3.63) is 70.3 Å². The number of nitrogens with one attached hydrogen (secondary N) is 1. The summed E-state index contributed by atoms with van der Waals surface area (Å²) in [4.78, 5) is 26.9. The Morgan fingerprint density at radius 2 is 1.67 bits per heavy atom. The van der Waals surface area contributed by atoms with Gasteiger partial charge in [0.05, 0.1) is 13.2 Å². The fourth-order valence-electron chi connectivity index (χ4n) is 3.83. The third kappa shape index (κ3) is 5.46. The van der Waals surface area contributed by atoms with Gasteiger partial charge in [0.2, 0.25) is 5.91 Å². The van der Waals surface area contributed by atoms with Crippen molar-refractivity contribution >= 4 is 11.8 Å². The zero-order valence-electron chi connectivity index (χ0n) is 17.4. The Kier molecular flexibility index (Phi) is 7.60. The van der Waals surface area contributed by atoms with E-state index in [4.69, 9.17) is 0 Å². The average Bonchev–Trinajstić information content (AvgIpc) is 2.79. The van der Waals surface area contributed by atoms with Gasteiger partial charge >= 0.3 is 0 Å². The second-order valence-corrected chi connectivity index (χ2v) is 7.89. The fraction of sp³-hybridized carbons (Fsp3) is 0.417. The average molecular weight is 411 g/mol. The molecule has 0 aromatic heterocycles. The number of likely N-dealkylation sites (tertiary alicyclic amines) is 1. The van der Waals surface area contributed by atoms with Crippen molar-refractivity contribution in [2.24, 2.45) is 5.92 Å². The SMILES string of the molecule is Cc1ccc(C(=O)N2CCC(C(=O)NCCc3ccc(CO)c(CO)c3)CC2)cc1.